The molecule has 1 aromatic carbocycles. The van der Waals surface area contributed by atoms with Crippen LogP contribution in [-0.4, -0.2) is 30.2 Å². The molecular weight excluding hydrogens is 250 g/mol. The summed E-state index contributed by atoms with van der Waals surface area (Å²) >= 11 is 0. The Labute approximate surface area is 119 Å². The average molecular weight is 269 g/mol. The lowest BCUT2D eigenvalue weighted by Gasteiger charge is -2.18. The van der Waals surface area contributed by atoms with E-state index in [9.17, 15) is 0 Å². The van der Waals surface area contributed by atoms with Gasteiger partial charge in [0.2, 0.25) is 0 Å². The van der Waals surface area contributed by atoms with E-state index in [0.29, 0.717) is 5.92 Å². The molecule has 1 saturated heterocycles. The smallest absolute Gasteiger partial charge is 0.132 e. The maximum Gasteiger partial charge on any atom is 0.132 e. The zero-order chi connectivity index (χ0) is 13.9. The van der Waals surface area contributed by atoms with Gasteiger partial charge in [0.1, 0.15) is 17.9 Å². The van der Waals surface area contributed by atoms with Crippen LogP contribution in [0.2, 0.25) is 0 Å². The van der Waals surface area contributed by atoms with Crippen molar-refractivity contribution in [1.29, 1.82) is 0 Å². The molecule has 1 aliphatic rings. The zero-order valence-corrected chi connectivity index (χ0v) is 11.9. The van der Waals surface area contributed by atoms with Gasteiger partial charge in [-0.2, -0.15) is 0 Å². The van der Waals surface area contributed by atoms with Crippen LogP contribution in [0.4, 0.5) is 5.82 Å². The van der Waals surface area contributed by atoms with Crippen molar-refractivity contribution in [2.24, 2.45) is 0 Å². The number of hydrogen-bond donors (Lipinski definition) is 0. The average Bonchev–Trinajstić information content (AvgIpc) is 2.97. The van der Waals surface area contributed by atoms with Gasteiger partial charge in [0.25, 0.3) is 0 Å². The summed E-state index contributed by atoms with van der Waals surface area (Å²) < 4.78 is 5.47. The van der Waals surface area contributed by atoms with Gasteiger partial charge in [0.05, 0.1) is 7.11 Å². The number of rotatable bonds is 3. The molecule has 0 radical (unpaired) electrons. The Morgan fingerprint density at radius 3 is 2.90 bits per heavy atom. The van der Waals surface area contributed by atoms with Crippen molar-refractivity contribution in [3.05, 3.63) is 47.9 Å². The van der Waals surface area contributed by atoms with Crippen molar-refractivity contribution in [3.63, 3.8) is 0 Å². The summed E-state index contributed by atoms with van der Waals surface area (Å²) in [6.07, 6.45) is 2.77. The first-order chi connectivity index (χ1) is 9.78. The molecule has 1 aliphatic heterocycles. The zero-order valence-electron chi connectivity index (χ0n) is 11.9. The van der Waals surface area contributed by atoms with Gasteiger partial charge in [-0.25, -0.2) is 9.97 Å². The number of methoxy groups -OCH3 is 1. The second-order valence-electron chi connectivity index (χ2n) is 5.19. The Kier molecular flexibility index (Phi) is 3.54. The molecule has 1 fully saturated rings. The van der Waals surface area contributed by atoms with Crippen LogP contribution in [0, 0.1) is 6.92 Å². The SMILES string of the molecule is COc1ccccc1C1CCN(c2cc(C)ncn2)C1. The molecule has 2 aromatic rings. The van der Waals surface area contributed by atoms with E-state index >= 15 is 0 Å². The van der Waals surface area contributed by atoms with Gasteiger partial charge in [-0.05, 0) is 25.0 Å². The molecule has 0 bridgehead atoms. The highest BCUT2D eigenvalue weighted by atomic mass is 16.5. The fraction of sp³-hybridized carbons (Fsp3) is 0.375. The molecule has 0 N–H and O–H groups in total. The number of para-hydroxylation sites is 1. The van der Waals surface area contributed by atoms with Crippen LogP contribution >= 0.6 is 0 Å². The fourth-order valence-electron chi connectivity index (χ4n) is 2.84. The molecule has 20 heavy (non-hydrogen) atoms. The predicted octanol–water partition coefficient (Wildman–Crippen LogP) is 2.79. The third-order valence-electron chi connectivity index (χ3n) is 3.88. The minimum Gasteiger partial charge on any atom is -0.496 e. The quantitative estimate of drug-likeness (QED) is 0.859. The molecule has 0 aliphatic carbocycles. The normalized spacial score (nSPS) is 18.3. The monoisotopic (exact) mass is 269 g/mol. The topological polar surface area (TPSA) is 38.2 Å². The van der Waals surface area contributed by atoms with Gasteiger partial charge in [-0.1, -0.05) is 18.2 Å². The Morgan fingerprint density at radius 1 is 1.25 bits per heavy atom. The summed E-state index contributed by atoms with van der Waals surface area (Å²) in [7, 11) is 1.74. The summed E-state index contributed by atoms with van der Waals surface area (Å²) in [6, 6.07) is 10.3. The Bertz CT molecular complexity index is 600. The standard InChI is InChI=1S/C16H19N3O/c1-12-9-16(18-11-17-12)19-8-7-13(10-19)14-5-3-4-6-15(14)20-2/h3-6,9,11,13H,7-8,10H2,1-2H3. The molecule has 2 heterocycles. The number of ether oxygens (including phenoxy) is 1. The highest BCUT2D eigenvalue weighted by Crippen LogP contribution is 2.34. The third kappa shape index (κ3) is 2.46. The minimum absolute atomic E-state index is 0.501. The molecule has 1 unspecified atom stereocenters. The van der Waals surface area contributed by atoms with Crippen LogP contribution in [0.3, 0.4) is 0 Å². The van der Waals surface area contributed by atoms with E-state index in [4.69, 9.17) is 4.74 Å². The van der Waals surface area contributed by atoms with Crippen LogP contribution < -0.4 is 9.64 Å². The summed E-state index contributed by atoms with van der Waals surface area (Å²) in [5, 5.41) is 0. The van der Waals surface area contributed by atoms with Gasteiger partial charge in [-0.15, -0.1) is 0 Å². The van der Waals surface area contributed by atoms with Crippen LogP contribution in [0.1, 0.15) is 23.6 Å². The van der Waals surface area contributed by atoms with Gasteiger partial charge in [0.15, 0.2) is 0 Å². The molecule has 104 valence electrons. The number of hydrogen-bond acceptors (Lipinski definition) is 4. The molecule has 0 amide bonds. The Balaban J connectivity index is 1.80. The Morgan fingerprint density at radius 2 is 2.10 bits per heavy atom. The summed E-state index contributed by atoms with van der Waals surface area (Å²) in [5.74, 6) is 2.51. The molecule has 1 aromatic heterocycles. The van der Waals surface area contributed by atoms with E-state index < -0.39 is 0 Å². The highest BCUT2D eigenvalue weighted by Gasteiger charge is 2.26. The maximum atomic E-state index is 5.47. The summed E-state index contributed by atoms with van der Waals surface area (Å²) in [6.45, 7) is 4.01. The highest BCUT2D eigenvalue weighted by molar-refractivity contribution is 5.44. The van der Waals surface area contributed by atoms with Crippen molar-refractivity contribution in [1.82, 2.24) is 9.97 Å². The van der Waals surface area contributed by atoms with Crippen molar-refractivity contribution < 1.29 is 4.74 Å². The van der Waals surface area contributed by atoms with Crippen LogP contribution in [0.5, 0.6) is 5.75 Å². The molecule has 4 heteroatoms. The van der Waals surface area contributed by atoms with E-state index in [0.717, 1.165) is 36.8 Å². The van der Waals surface area contributed by atoms with Crippen LogP contribution in [-0.2, 0) is 0 Å². The number of aryl methyl sites for hydroxylation is 1. The number of aromatic nitrogens is 2. The van der Waals surface area contributed by atoms with Crippen molar-refractivity contribution in [3.8, 4) is 5.75 Å². The fourth-order valence-corrected chi connectivity index (χ4v) is 2.84. The lowest BCUT2D eigenvalue weighted by molar-refractivity contribution is 0.406. The first-order valence-corrected chi connectivity index (χ1v) is 6.94. The van der Waals surface area contributed by atoms with Gasteiger partial charge in [0, 0.05) is 30.8 Å². The predicted molar refractivity (Wildman–Crippen MR) is 79.3 cm³/mol. The molecule has 4 nitrogen and oxygen atoms in total. The van der Waals surface area contributed by atoms with Crippen molar-refractivity contribution in [2.75, 3.05) is 25.1 Å². The summed E-state index contributed by atoms with van der Waals surface area (Å²) in [5.41, 5.74) is 2.30. The molecule has 0 spiro atoms. The molecule has 0 saturated carbocycles. The maximum absolute atomic E-state index is 5.47. The van der Waals surface area contributed by atoms with E-state index in [1.54, 1.807) is 13.4 Å². The second kappa shape index (κ2) is 5.49. The van der Waals surface area contributed by atoms with Crippen LogP contribution in [0.25, 0.3) is 0 Å². The first-order valence-electron chi connectivity index (χ1n) is 6.94. The lowest BCUT2D eigenvalue weighted by atomic mass is 9.97. The van der Waals surface area contributed by atoms with Crippen molar-refractivity contribution >= 4 is 5.82 Å². The van der Waals surface area contributed by atoms with E-state index in [-0.39, 0.29) is 0 Å². The van der Waals surface area contributed by atoms with Crippen LogP contribution in [0.15, 0.2) is 36.7 Å². The first kappa shape index (κ1) is 12.9. The van der Waals surface area contributed by atoms with Gasteiger partial charge >= 0.3 is 0 Å². The van der Waals surface area contributed by atoms with E-state index in [1.165, 1.54) is 5.56 Å². The Hall–Kier alpha value is -2.10. The van der Waals surface area contributed by atoms with Gasteiger partial charge < -0.3 is 9.64 Å². The third-order valence-corrected chi connectivity index (χ3v) is 3.88. The lowest BCUT2D eigenvalue weighted by Crippen LogP contribution is -2.20. The molecular formula is C16H19N3O. The van der Waals surface area contributed by atoms with Gasteiger partial charge in [-0.3, -0.25) is 0 Å². The van der Waals surface area contributed by atoms with E-state index in [1.807, 2.05) is 25.1 Å². The molecule has 3 rings (SSSR count). The largest absolute Gasteiger partial charge is 0.496 e. The number of benzene rings is 1. The number of nitrogens with zero attached hydrogens (tertiary/aromatic N) is 3. The molecule has 1 atom stereocenters. The van der Waals surface area contributed by atoms with Crippen molar-refractivity contribution in [2.45, 2.75) is 19.3 Å². The van der Waals surface area contributed by atoms with E-state index in [2.05, 4.69) is 27.0 Å². The second-order valence-corrected chi connectivity index (χ2v) is 5.19. The number of anilines is 1. The minimum atomic E-state index is 0.501. The summed E-state index contributed by atoms with van der Waals surface area (Å²) in [4.78, 5) is 10.9.